The van der Waals surface area contributed by atoms with E-state index in [0.717, 1.165) is 36.4 Å². The van der Waals surface area contributed by atoms with Gasteiger partial charge in [0.25, 0.3) is 0 Å². The van der Waals surface area contributed by atoms with Crippen LogP contribution in [0.1, 0.15) is 17.5 Å². The standard InChI is InChI=1S/C19H16O8/c20-12(3-1-10-5-14(22)18(26)15(23)6-10)9-13(21)4-2-11-7-16(24)19(27)17(25)8-11/h1-8,22-27H,9H2/b3-1+,4-2+. The van der Waals surface area contributed by atoms with E-state index in [1.807, 2.05) is 0 Å². The smallest absolute Gasteiger partial charge is 0.200 e. The molecular formula is C19H16O8. The zero-order valence-corrected chi connectivity index (χ0v) is 13.8. The molecule has 0 heterocycles. The van der Waals surface area contributed by atoms with Crippen LogP contribution in [0.15, 0.2) is 36.4 Å². The lowest BCUT2D eigenvalue weighted by atomic mass is 10.1. The Hall–Kier alpha value is -3.94. The van der Waals surface area contributed by atoms with Crippen molar-refractivity contribution in [3.63, 3.8) is 0 Å². The van der Waals surface area contributed by atoms with Gasteiger partial charge < -0.3 is 30.6 Å². The highest BCUT2D eigenvalue weighted by atomic mass is 16.3. The highest BCUT2D eigenvalue weighted by Crippen LogP contribution is 2.36. The molecule has 0 saturated carbocycles. The van der Waals surface area contributed by atoms with Crippen molar-refractivity contribution in [2.75, 3.05) is 0 Å². The summed E-state index contributed by atoms with van der Waals surface area (Å²) in [6.45, 7) is 0. The Morgan fingerprint density at radius 1 is 0.630 bits per heavy atom. The summed E-state index contributed by atoms with van der Waals surface area (Å²) < 4.78 is 0. The fraction of sp³-hybridized carbons (Fsp3) is 0.0526. The second-order valence-corrected chi connectivity index (χ2v) is 5.59. The van der Waals surface area contributed by atoms with E-state index >= 15 is 0 Å². The van der Waals surface area contributed by atoms with Crippen LogP contribution < -0.4 is 0 Å². The van der Waals surface area contributed by atoms with E-state index < -0.39 is 52.5 Å². The van der Waals surface area contributed by atoms with Crippen molar-refractivity contribution in [3.8, 4) is 34.5 Å². The van der Waals surface area contributed by atoms with E-state index in [-0.39, 0.29) is 11.1 Å². The number of benzene rings is 2. The Morgan fingerprint density at radius 3 is 1.22 bits per heavy atom. The van der Waals surface area contributed by atoms with Gasteiger partial charge in [0, 0.05) is 0 Å². The summed E-state index contributed by atoms with van der Waals surface area (Å²) >= 11 is 0. The topological polar surface area (TPSA) is 156 Å². The molecule has 2 aromatic carbocycles. The fourth-order valence-electron chi connectivity index (χ4n) is 2.11. The Kier molecular flexibility index (Phi) is 5.71. The molecule has 8 nitrogen and oxygen atoms in total. The summed E-state index contributed by atoms with van der Waals surface area (Å²) in [6.07, 6.45) is 4.21. The highest BCUT2D eigenvalue weighted by Gasteiger charge is 2.09. The van der Waals surface area contributed by atoms with Crippen LogP contribution in [-0.2, 0) is 9.59 Å². The zero-order valence-electron chi connectivity index (χ0n) is 13.8. The molecule has 0 fully saturated rings. The summed E-state index contributed by atoms with van der Waals surface area (Å²) in [5, 5.41) is 56.0. The minimum Gasteiger partial charge on any atom is -0.504 e. The van der Waals surface area contributed by atoms with E-state index in [2.05, 4.69) is 0 Å². The second kappa shape index (κ2) is 7.96. The molecule has 0 spiro atoms. The molecule has 6 N–H and O–H groups in total. The highest BCUT2D eigenvalue weighted by molar-refractivity contribution is 6.10. The van der Waals surface area contributed by atoms with Crippen LogP contribution in [0, 0.1) is 0 Å². The van der Waals surface area contributed by atoms with Crippen molar-refractivity contribution in [1.29, 1.82) is 0 Å². The van der Waals surface area contributed by atoms with Gasteiger partial charge in [-0.2, -0.15) is 0 Å². The number of phenolic OH excluding ortho intramolecular Hbond substituents is 6. The van der Waals surface area contributed by atoms with Crippen LogP contribution in [-0.4, -0.2) is 42.2 Å². The molecule has 0 bridgehead atoms. The van der Waals surface area contributed by atoms with Gasteiger partial charge in [-0.15, -0.1) is 0 Å². The summed E-state index contributed by atoms with van der Waals surface area (Å²) in [7, 11) is 0. The molecule has 0 saturated heterocycles. The molecule has 27 heavy (non-hydrogen) atoms. The molecule has 2 rings (SSSR count). The van der Waals surface area contributed by atoms with Crippen molar-refractivity contribution in [1.82, 2.24) is 0 Å². The summed E-state index contributed by atoms with van der Waals surface area (Å²) in [6, 6.07) is 4.52. The first-order valence-electron chi connectivity index (χ1n) is 7.59. The number of rotatable bonds is 6. The second-order valence-electron chi connectivity index (χ2n) is 5.59. The van der Waals surface area contributed by atoms with Crippen molar-refractivity contribution in [3.05, 3.63) is 47.5 Å². The predicted molar refractivity (Wildman–Crippen MR) is 95.6 cm³/mol. The lowest BCUT2D eigenvalue weighted by Crippen LogP contribution is -2.01. The molecule has 0 aliphatic heterocycles. The van der Waals surface area contributed by atoms with Gasteiger partial charge in [-0.25, -0.2) is 0 Å². The molecule has 2 aromatic rings. The Morgan fingerprint density at radius 2 is 0.926 bits per heavy atom. The summed E-state index contributed by atoms with van der Waals surface area (Å²) in [5.74, 6) is -4.66. The maximum Gasteiger partial charge on any atom is 0.200 e. The average Bonchev–Trinajstić information content (AvgIpc) is 2.60. The summed E-state index contributed by atoms with van der Waals surface area (Å²) in [5.41, 5.74) is 0.489. The number of hydrogen-bond acceptors (Lipinski definition) is 8. The van der Waals surface area contributed by atoms with Gasteiger partial charge >= 0.3 is 0 Å². The number of hydrogen-bond donors (Lipinski definition) is 6. The number of ketones is 2. The van der Waals surface area contributed by atoms with Crippen molar-refractivity contribution in [2.24, 2.45) is 0 Å². The SMILES string of the molecule is O=C(/C=C/c1cc(O)c(O)c(O)c1)CC(=O)/C=C/c1cc(O)c(O)c(O)c1. The van der Waals surface area contributed by atoms with Crippen LogP contribution in [0.2, 0.25) is 0 Å². The zero-order chi connectivity index (χ0) is 20.1. The van der Waals surface area contributed by atoms with Gasteiger partial charge in [0.2, 0.25) is 0 Å². The molecule has 0 unspecified atom stereocenters. The van der Waals surface area contributed by atoms with Gasteiger partial charge in [0.05, 0.1) is 6.42 Å². The van der Waals surface area contributed by atoms with Crippen molar-refractivity contribution in [2.45, 2.75) is 6.42 Å². The van der Waals surface area contributed by atoms with E-state index in [1.54, 1.807) is 0 Å². The van der Waals surface area contributed by atoms with Gasteiger partial charge in [-0.3, -0.25) is 9.59 Å². The van der Waals surface area contributed by atoms with Crippen molar-refractivity contribution < 1.29 is 40.2 Å². The van der Waals surface area contributed by atoms with Gasteiger partial charge in [-0.1, -0.05) is 12.2 Å². The van der Waals surface area contributed by atoms with Crippen molar-refractivity contribution >= 4 is 23.7 Å². The van der Waals surface area contributed by atoms with E-state index in [0.29, 0.717) is 0 Å². The van der Waals surface area contributed by atoms with Gasteiger partial charge in [0.15, 0.2) is 46.1 Å². The number of carbonyl (C=O) groups excluding carboxylic acids is 2. The number of aromatic hydroxyl groups is 6. The lowest BCUT2D eigenvalue weighted by molar-refractivity contribution is -0.121. The Labute approximate surface area is 153 Å². The minimum absolute atomic E-state index is 0.245. The maximum absolute atomic E-state index is 11.8. The van der Waals surface area contributed by atoms with Gasteiger partial charge in [0.1, 0.15) is 0 Å². The Bertz CT molecular complexity index is 833. The minimum atomic E-state index is -0.676. The number of phenols is 6. The number of allylic oxidation sites excluding steroid dienone is 2. The molecule has 8 heteroatoms. The Balaban J connectivity index is 2.00. The molecule has 0 aliphatic carbocycles. The van der Waals surface area contributed by atoms with Crippen LogP contribution >= 0.6 is 0 Å². The molecule has 0 amide bonds. The third-order valence-electron chi connectivity index (χ3n) is 3.46. The molecule has 140 valence electrons. The van der Waals surface area contributed by atoms with Gasteiger partial charge in [-0.05, 0) is 47.5 Å². The molecule has 0 atom stereocenters. The quantitative estimate of drug-likeness (QED) is 0.256. The number of carbonyl (C=O) groups is 2. The van der Waals surface area contributed by atoms with E-state index in [9.17, 15) is 40.2 Å². The van der Waals surface area contributed by atoms with Crippen LogP contribution in [0.5, 0.6) is 34.5 Å². The van der Waals surface area contributed by atoms with E-state index in [1.165, 1.54) is 12.2 Å². The van der Waals surface area contributed by atoms with Crippen LogP contribution in [0.25, 0.3) is 12.2 Å². The first-order valence-corrected chi connectivity index (χ1v) is 7.59. The lowest BCUT2D eigenvalue weighted by Gasteiger charge is -2.02. The fourth-order valence-corrected chi connectivity index (χ4v) is 2.11. The first kappa shape index (κ1) is 19.4. The molecular weight excluding hydrogens is 356 g/mol. The third kappa shape index (κ3) is 5.02. The molecule has 0 radical (unpaired) electrons. The average molecular weight is 372 g/mol. The van der Waals surface area contributed by atoms with Crippen LogP contribution in [0.3, 0.4) is 0 Å². The van der Waals surface area contributed by atoms with Crippen LogP contribution in [0.4, 0.5) is 0 Å². The van der Waals surface area contributed by atoms with E-state index in [4.69, 9.17) is 0 Å². The first-order chi connectivity index (χ1) is 12.7. The predicted octanol–water partition coefficient (Wildman–Crippen LogP) is 2.18. The monoisotopic (exact) mass is 372 g/mol. The molecule has 0 aromatic heterocycles. The molecule has 0 aliphatic rings. The normalized spacial score (nSPS) is 11.3. The largest absolute Gasteiger partial charge is 0.504 e. The third-order valence-corrected chi connectivity index (χ3v) is 3.46. The maximum atomic E-state index is 11.8. The summed E-state index contributed by atoms with van der Waals surface area (Å²) in [4.78, 5) is 23.6.